The molecule has 1 saturated heterocycles. The van der Waals surface area contributed by atoms with Crippen LogP contribution in [-0.4, -0.2) is 36.3 Å². The Balaban J connectivity index is 1.48. The molecule has 5 atom stereocenters. The third-order valence-corrected chi connectivity index (χ3v) is 6.14. The highest BCUT2D eigenvalue weighted by molar-refractivity contribution is 5.89. The second kappa shape index (κ2) is 5.66. The smallest absolute Gasteiger partial charge is 0.225 e. The van der Waals surface area contributed by atoms with Crippen molar-refractivity contribution in [3.05, 3.63) is 35.9 Å². The number of carbonyl (C=O) groups excluding carboxylic acids is 2. The van der Waals surface area contributed by atoms with Crippen molar-refractivity contribution < 1.29 is 9.59 Å². The Morgan fingerprint density at radius 2 is 1.91 bits per heavy atom. The maximum absolute atomic E-state index is 12.6. The normalized spacial score (nSPS) is 35.8. The average molecular weight is 312 g/mol. The van der Waals surface area contributed by atoms with Crippen LogP contribution in [0, 0.1) is 17.8 Å². The van der Waals surface area contributed by atoms with Gasteiger partial charge >= 0.3 is 0 Å². The first kappa shape index (κ1) is 14.7. The number of amides is 2. The lowest BCUT2D eigenvalue weighted by Crippen LogP contribution is -2.57. The number of carbonyl (C=O) groups is 2. The number of likely N-dealkylation sites (tertiary alicyclic amines) is 1. The van der Waals surface area contributed by atoms with E-state index in [0.717, 1.165) is 5.92 Å². The zero-order valence-corrected chi connectivity index (χ0v) is 13.6. The molecule has 0 radical (unpaired) electrons. The lowest BCUT2D eigenvalue weighted by molar-refractivity contribution is -0.129. The van der Waals surface area contributed by atoms with Crippen LogP contribution in [0.15, 0.2) is 30.3 Å². The van der Waals surface area contributed by atoms with Crippen molar-refractivity contribution in [2.45, 2.75) is 37.6 Å². The maximum atomic E-state index is 12.6. The van der Waals surface area contributed by atoms with Crippen LogP contribution in [0.1, 0.15) is 37.2 Å². The molecular formula is C19H24N2O2. The predicted octanol–water partition coefficient (Wildman–Crippen LogP) is 2.16. The van der Waals surface area contributed by atoms with Crippen LogP contribution < -0.4 is 5.32 Å². The fraction of sp³-hybridized carbons (Fsp3) is 0.579. The van der Waals surface area contributed by atoms with Crippen molar-refractivity contribution in [2.24, 2.45) is 17.8 Å². The molecule has 0 spiro atoms. The summed E-state index contributed by atoms with van der Waals surface area (Å²) >= 11 is 0. The summed E-state index contributed by atoms with van der Waals surface area (Å²) in [5.41, 5.74) is 1.35. The molecule has 2 saturated carbocycles. The third kappa shape index (κ3) is 2.44. The number of hydrogen-bond donors (Lipinski definition) is 1. The lowest BCUT2D eigenvalue weighted by Gasteiger charge is -2.50. The predicted molar refractivity (Wildman–Crippen MR) is 87.7 cm³/mol. The quantitative estimate of drug-likeness (QED) is 0.930. The van der Waals surface area contributed by atoms with Gasteiger partial charge in [0.25, 0.3) is 0 Å². The van der Waals surface area contributed by atoms with Crippen LogP contribution in [0.3, 0.4) is 0 Å². The summed E-state index contributed by atoms with van der Waals surface area (Å²) in [5, 5.41) is 3.30. The highest BCUT2D eigenvalue weighted by atomic mass is 16.2. The van der Waals surface area contributed by atoms with E-state index in [1.165, 1.54) is 24.8 Å². The summed E-state index contributed by atoms with van der Waals surface area (Å²) < 4.78 is 0. The molecule has 4 heteroatoms. The molecule has 1 aromatic carbocycles. The zero-order chi connectivity index (χ0) is 16.0. The minimum absolute atomic E-state index is 0.0685. The Morgan fingerprint density at radius 3 is 2.61 bits per heavy atom. The molecule has 4 nitrogen and oxygen atoms in total. The molecule has 0 aromatic heterocycles. The van der Waals surface area contributed by atoms with E-state index in [1.54, 1.807) is 11.9 Å². The molecule has 0 bridgehead atoms. The fourth-order valence-corrected chi connectivity index (χ4v) is 4.94. The molecule has 3 fully saturated rings. The molecule has 2 aliphatic carbocycles. The maximum Gasteiger partial charge on any atom is 0.225 e. The topological polar surface area (TPSA) is 49.4 Å². The van der Waals surface area contributed by atoms with Gasteiger partial charge in [-0.05, 0) is 30.2 Å². The summed E-state index contributed by atoms with van der Waals surface area (Å²) in [7, 11) is 1.78. The molecule has 0 unspecified atom stereocenters. The van der Waals surface area contributed by atoms with Gasteiger partial charge in [-0.2, -0.15) is 0 Å². The van der Waals surface area contributed by atoms with Crippen LogP contribution >= 0.6 is 0 Å². The third-order valence-electron chi connectivity index (χ3n) is 6.14. The molecule has 1 N–H and O–H groups in total. The van der Waals surface area contributed by atoms with E-state index in [-0.39, 0.29) is 23.8 Å². The van der Waals surface area contributed by atoms with E-state index in [4.69, 9.17) is 0 Å². The standard InChI is InChI=1S/C19H24N2O2/c1-21-11-13(10-16(21)22)19(23)20-18-15-9-5-8-14(15)17(18)12-6-3-2-4-7-12/h2-4,6-7,13-15,17-18H,5,8-11H2,1H3,(H,20,23)/t13-,14-,15-,17+,18-/m1/s1. The number of rotatable bonds is 3. The first-order valence-electron chi connectivity index (χ1n) is 8.74. The highest BCUT2D eigenvalue weighted by Gasteiger charge is 2.53. The van der Waals surface area contributed by atoms with Crippen LogP contribution in [0.2, 0.25) is 0 Å². The molecule has 4 rings (SSSR count). The molecule has 122 valence electrons. The van der Waals surface area contributed by atoms with E-state index >= 15 is 0 Å². The first-order chi connectivity index (χ1) is 11.1. The summed E-state index contributed by atoms with van der Waals surface area (Å²) in [4.78, 5) is 26.0. The van der Waals surface area contributed by atoms with Crippen molar-refractivity contribution in [1.29, 1.82) is 0 Å². The van der Waals surface area contributed by atoms with E-state index < -0.39 is 0 Å². The second-order valence-electron chi connectivity index (χ2n) is 7.40. The van der Waals surface area contributed by atoms with Gasteiger partial charge in [-0.3, -0.25) is 9.59 Å². The number of nitrogens with zero attached hydrogens (tertiary/aromatic N) is 1. The highest BCUT2D eigenvalue weighted by Crippen LogP contribution is 2.56. The minimum Gasteiger partial charge on any atom is -0.352 e. The Hall–Kier alpha value is -1.84. The van der Waals surface area contributed by atoms with E-state index in [1.807, 2.05) is 6.07 Å². The van der Waals surface area contributed by atoms with Gasteiger partial charge in [0.05, 0.1) is 5.92 Å². The molecule has 1 aliphatic heterocycles. The summed E-state index contributed by atoms with van der Waals surface area (Å²) in [6.07, 6.45) is 4.14. The molecule has 23 heavy (non-hydrogen) atoms. The largest absolute Gasteiger partial charge is 0.352 e. The summed E-state index contributed by atoms with van der Waals surface area (Å²) in [6, 6.07) is 10.8. The van der Waals surface area contributed by atoms with Crippen LogP contribution in [0.5, 0.6) is 0 Å². The Labute approximate surface area is 137 Å². The SMILES string of the molecule is CN1C[C@H](C(=O)N[C@@H]2[C@@H]3CCC[C@H]3[C@@H]2c2ccccc2)CC1=O. The Morgan fingerprint density at radius 1 is 1.17 bits per heavy atom. The fourth-order valence-electron chi connectivity index (χ4n) is 4.94. The summed E-state index contributed by atoms with van der Waals surface area (Å²) in [5.74, 6) is 1.76. The molecule has 2 amide bonds. The van der Waals surface area contributed by atoms with E-state index in [0.29, 0.717) is 24.8 Å². The van der Waals surface area contributed by atoms with Crippen molar-refractivity contribution in [3.63, 3.8) is 0 Å². The minimum atomic E-state index is -0.177. The van der Waals surface area contributed by atoms with E-state index in [2.05, 4.69) is 29.6 Å². The number of hydrogen-bond acceptors (Lipinski definition) is 2. The van der Waals surface area contributed by atoms with Gasteiger partial charge in [0.1, 0.15) is 0 Å². The van der Waals surface area contributed by atoms with E-state index in [9.17, 15) is 9.59 Å². The molecule has 3 aliphatic rings. The Kier molecular flexibility index (Phi) is 3.63. The van der Waals surface area contributed by atoms with Crippen molar-refractivity contribution in [3.8, 4) is 0 Å². The Bertz CT molecular complexity index is 615. The van der Waals surface area contributed by atoms with Gasteiger partial charge < -0.3 is 10.2 Å². The van der Waals surface area contributed by atoms with Crippen molar-refractivity contribution in [2.75, 3.05) is 13.6 Å². The van der Waals surface area contributed by atoms with Crippen LogP contribution in [-0.2, 0) is 9.59 Å². The average Bonchev–Trinajstić information content (AvgIpc) is 3.10. The number of fused-ring (bicyclic) bond motifs is 1. The van der Waals surface area contributed by atoms with Gasteiger partial charge in [-0.15, -0.1) is 0 Å². The zero-order valence-electron chi connectivity index (χ0n) is 13.6. The van der Waals surface area contributed by atoms with Crippen molar-refractivity contribution >= 4 is 11.8 Å². The molecule has 1 aromatic rings. The summed E-state index contributed by atoms with van der Waals surface area (Å²) in [6.45, 7) is 0.557. The van der Waals surface area contributed by atoms with Gasteiger partial charge in [-0.25, -0.2) is 0 Å². The van der Waals surface area contributed by atoms with Crippen molar-refractivity contribution in [1.82, 2.24) is 10.2 Å². The van der Waals surface area contributed by atoms with Gasteiger partial charge in [0.15, 0.2) is 0 Å². The first-order valence-corrected chi connectivity index (χ1v) is 8.74. The van der Waals surface area contributed by atoms with Gasteiger partial charge in [-0.1, -0.05) is 36.8 Å². The lowest BCUT2D eigenvalue weighted by atomic mass is 9.59. The molecule has 1 heterocycles. The number of benzene rings is 1. The number of nitrogens with one attached hydrogen (secondary N) is 1. The monoisotopic (exact) mass is 312 g/mol. The van der Waals surface area contributed by atoms with Gasteiger partial charge in [0, 0.05) is 32.0 Å². The van der Waals surface area contributed by atoms with Gasteiger partial charge in [0.2, 0.25) is 11.8 Å². The molecular weight excluding hydrogens is 288 g/mol. The second-order valence-corrected chi connectivity index (χ2v) is 7.40. The van der Waals surface area contributed by atoms with Crippen LogP contribution in [0.25, 0.3) is 0 Å². The van der Waals surface area contributed by atoms with Crippen LogP contribution in [0.4, 0.5) is 0 Å².